The summed E-state index contributed by atoms with van der Waals surface area (Å²) in [7, 11) is 0. The van der Waals surface area contributed by atoms with Crippen molar-refractivity contribution in [2.45, 2.75) is 44.9 Å². The number of primary amides is 1. The van der Waals surface area contributed by atoms with E-state index in [0.717, 1.165) is 12.3 Å². The Bertz CT molecular complexity index is 375. The molecule has 0 atom stereocenters. The van der Waals surface area contributed by atoms with Crippen LogP contribution in [0.1, 0.15) is 44.9 Å². The van der Waals surface area contributed by atoms with Crippen LogP contribution in [0.15, 0.2) is 5.10 Å². The summed E-state index contributed by atoms with van der Waals surface area (Å²) in [5.74, 6) is 0.641. The van der Waals surface area contributed by atoms with Gasteiger partial charge in [0.05, 0.1) is 18.7 Å². The first-order valence-corrected chi connectivity index (χ1v) is 6.94. The van der Waals surface area contributed by atoms with Crippen molar-refractivity contribution in [3.05, 3.63) is 0 Å². The second-order valence-electron chi connectivity index (χ2n) is 5.24. The monoisotopic (exact) mass is 267 g/mol. The SMILES string of the molecule is NC(=O)OCCC1=NN(CC2CCCCC2)C(=O)C1. The summed E-state index contributed by atoms with van der Waals surface area (Å²) in [5.41, 5.74) is 5.66. The first-order valence-electron chi connectivity index (χ1n) is 6.94. The third-order valence-electron chi connectivity index (χ3n) is 3.70. The standard InChI is InChI=1S/C13H21N3O3/c14-13(18)19-7-6-11-8-12(17)16(15-11)9-10-4-2-1-3-5-10/h10H,1-9H2,(H2,14,18). The van der Waals surface area contributed by atoms with Crippen LogP contribution in [0.25, 0.3) is 0 Å². The summed E-state index contributed by atoms with van der Waals surface area (Å²) >= 11 is 0. The first kappa shape index (κ1) is 13.8. The average molecular weight is 267 g/mol. The highest BCUT2D eigenvalue weighted by molar-refractivity contribution is 6.04. The van der Waals surface area contributed by atoms with Crippen molar-refractivity contribution in [1.82, 2.24) is 5.01 Å². The van der Waals surface area contributed by atoms with E-state index in [4.69, 9.17) is 5.73 Å². The second kappa shape index (κ2) is 6.54. The molecule has 1 aliphatic carbocycles. The minimum absolute atomic E-state index is 0.0552. The van der Waals surface area contributed by atoms with Crippen LogP contribution in [0.4, 0.5) is 4.79 Å². The molecular weight excluding hydrogens is 246 g/mol. The molecule has 1 fully saturated rings. The van der Waals surface area contributed by atoms with Crippen molar-refractivity contribution in [3.8, 4) is 0 Å². The molecule has 2 aliphatic rings. The molecule has 0 unspecified atom stereocenters. The summed E-state index contributed by atoms with van der Waals surface area (Å²) < 4.78 is 4.65. The normalized spacial score (nSPS) is 20.5. The fraction of sp³-hybridized carbons (Fsp3) is 0.769. The summed E-state index contributed by atoms with van der Waals surface area (Å²) in [6, 6.07) is 0. The number of hydrazone groups is 1. The molecular formula is C13H21N3O3. The third-order valence-corrected chi connectivity index (χ3v) is 3.70. The van der Waals surface area contributed by atoms with E-state index in [-0.39, 0.29) is 12.5 Å². The number of carbonyl (C=O) groups is 2. The zero-order valence-corrected chi connectivity index (χ0v) is 11.1. The van der Waals surface area contributed by atoms with Gasteiger partial charge in [-0.3, -0.25) is 4.79 Å². The van der Waals surface area contributed by atoms with Crippen LogP contribution in [-0.2, 0) is 9.53 Å². The van der Waals surface area contributed by atoms with Gasteiger partial charge in [0.1, 0.15) is 0 Å². The Labute approximate surface area is 113 Å². The summed E-state index contributed by atoms with van der Waals surface area (Å²) in [6.45, 7) is 0.928. The van der Waals surface area contributed by atoms with Gasteiger partial charge in [0.15, 0.2) is 0 Å². The van der Waals surface area contributed by atoms with E-state index >= 15 is 0 Å². The van der Waals surface area contributed by atoms with Gasteiger partial charge in [0.25, 0.3) is 0 Å². The molecule has 0 radical (unpaired) electrons. The van der Waals surface area contributed by atoms with Gasteiger partial charge >= 0.3 is 6.09 Å². The molecule has 2 amide bonds. The van der Waals surface area contributed by atoms with E-state index in [0.29, 0.717) is 18.8 Å². The zero-order valence-electron chi connectivity index (χ0n) is 11.1. The number of rotatable bonds is 5. The molecule has 6 nitrogen and oxygen atoms in total. The molecule has 0 aromatic rings. The van der Waals surface area contributed by atoms with E-state index in [1.807, 2.05) is 0 Å². The van der Waals surface area contributed by atoms with E-state index in [1.165, 1.54) is 32.1 Å². The minimum atomic E-state index is -0.788. The van der Waals surface area contributed by atoms with E-state index in [2.05, 4.69) is 9.84 Å². The lowest BCUT2D eigenvalue weighted by Crippen LogP contribution is -2.28. The molecule has 1 aliphatic heterocycles. The van der Waals surface area contributed by atoms with E-state index in [9.17, 15) is 9.59 Å². The number of hydrogen-bond acceptors (Lipinski definition) is 4. The molecule has 0 saturated heterocycles. The van der Waals surface area contributed by atoms with Crippen LogP contribution >= 0.6 is 0 Å². The number of nitrogens with two attached hydrogens (primary N) is 1. The highest BCUT2D eigenvalue weighted by Crippen LogP contribution is 2.25. The highest BCUT2D eigenvalue weighted by atomic mass is 16.5. The quantitative estimate of drug-likeness (QED) is 0.821. The van der Waals surface area contributed by atoms with Crippen LogP contribution in [0.5, 0.6) is 0 Å². The van der Waals surface area contributed by atoms with Crippen LogP contribution < -0.4 is 5.73 Å². The molecule has 19 heavy (non-hydrogen) atoms. The van der Waals surface area contributed by atoms with Crippen molar-refractivity contribution >= 4 is 17.7 Å². The molecule has 1 saturated carbocycles. The second-order valence-corrected chi connectivity index (χ2v) is 5.24. The molecule has 6 heteroatoms. The van der Waals surface area contributed by atoms with Gasteiger partial charge < -0.3 is 10.5 Å². The van der Waals surface area contributed by atoms with Crippen molar-refractivity contribution in [2.24, 2.45) is 16.8 Å². The van der Waals surface area contributed by atoms with Crippen molar-refractivity contribution < 1.29 is 14.3 Å². The fourth-order valence-electron chi connectivity index (χ4n) is 2.69. The maximum Gasteiger partial charge on any atom is 0.404 e. The van der Waals surface area contributed by atoms with Gasteiger partial charge in [-0.05, 0) is 18.8 Å². The molecule has 0 aromatic carbocycles. The number of nitrogens with zero attached hydrogens (tertiary/aromatic N) is 2. The number of amides is 2. The van der Waals surface area contributed by atoms with Gasteiger partial charge in [-0.1, -0.05) is 19.3 Å². The predicted molar refractivity (Wildman–Crippen MR) is 70.5 cm³/mol. The van der Waals surface area contributed by atoms with Crippen molar-refractivity contribution in [3.63, 3.8) is 0 Å². The van der Waals surface area contributed by atoms with Gasteiger partial charge in [-0.2, -0.15) is 5.10 Å². The smallest absolute Gasteiger partial charge is 0.404 e. The Hall–Kier alpha value is -1.59. The Morgan fingerprint density at radius 3 is 2.79 bits per heavy atom. The van der Waals surface area contributed by atoms with E-state index < -0.39 is 6.09 Å². The highest BCUT2D eigenvalue weighted by Gasteiger charge is 2.26. The number of ether oxygens (including phenoxy) is 1. The lowest BCUT2D eigenvalue weighted by Gasteiger charge is -2.24. The summed E-state index contributed by atoms with van der Waals surface area (Å²) in [6.07, 6.45) is 6.25. The number of hydrogen-bond donors (Lipinski definition) is 1. The topological polar surface area (TPSA) is 85.0 Å². The zero-order chi connectivity index (χ0) is 13.7. The Kier molecular flexibility index (Phi) is 4.76. The van der Waals surface area contributed by atoms with Gasteiger partial charge in [0, 0.05) is 13.0 Å². The molecule has 1 heterocycles. The third kappa shape index (κ3) is 4.22. The average Bonchev–Trinajstić information content (AvgIpc) is 2.71. The largest absolute Gasteiger partial charge is 0.449 e. The van der Waals surface area contributed by atoms with Gasteiger partial charge in [-0.15, -0.1) is 0 Å². The number of carbonyl (C=O) groups excluding carboxylic acids is 2. The maximum absolute atomic E-state index is 11.8. The molecule has 2 N–H and O–H groups in total. The summed E-state index contributed by atoms with van der Waals surface area (Å²) in [5, 5.41) is 5.92. The Morgan fingerprint density at radius 1 is 1.37 bits per heavy atom. The van der Waals surface area contributed by atoms with E-state index in [1.54, 1.807) is 5.01 Å². The summed E-state index contributed by atoms with van der Waals surface area (Å²) in [4.78, 5) is 22.3. The van der Waals surface area contributed by atoms with Crippen molar-refractivity contribution in [1.29, 1.82) is 0 Å². The van der Waals surface area contributed by atoms with Crippen LogP contribution in [0.2, 0.25) is 0 Å². The van der Waals surface area contributed by atoms with Crippen LogP contribution in [-0.4, -0.2) is 35.9 Å². The fourth-order valence-corrected chi connectivity index (χ4v) is 2.69. The molecule has 0 bridgehead atoms. The predicted octanol–water partition coefficient (Wildman–Crippen LogP) is 1.64. The van der Waals surface area contributed by atoms with Crippen molar-refractivity contribution in [2.75, 3.05) is 13.2 Å². The van der Waals surface area contributed by atoms with Crippen LogP contribution in [0, 0.1) is 5.92 Å². The maximum atomic E-state index is 11.8. The lowest BCUT2D eigenvalue weighted by atomic mass is 9.89. The Morgan fingerprint density at radius 2 is 2.11 bits per heavy atom. The first-order chi connectivity index (χ1) is 9.15. The molecule has 0 spiro atoms. The Balaban J connectivity index is 1.78. The molecule has 0 aromatic heterocycles. The minimum Gasteiger partial charge on any atom is -0.449 e. The molecule has 106 valence electrons. The lowest BCUT2D eigenvalue weighted by molar-refractivity contribution is -0.129. The van der Waals surface area contributed by atoms with Crippen LogP contribution in [0.3, 0.4) is 0 Å². The molecule has 2 rings (SSSR count). The van der Waals surface area contributed by atoms with Gasteiger partial charge in [-0.25, -0.2) is 9.80 Å². The van der Waals surface area contributed by atoms with Gasteiger partial charge in [0.2, 0.25) is 5.91 Å².